The van der Waals surface area contributed by atoms with Crippen LogP contribution >= 0.6 is 0 Å². The molecular weight excluding hydrogens is 548 g/mol. The van der Waals surface area contributed by atoms with Crippen LogP contribution in [0, 0.1) is 18.8 Å². The number of hydrogen-bond donors (Lipinski definition) is 2. The minimum absolute atomic E-state index is 0.0547. The Morgan fingerprint density at radius 3 is 2.26 bits per heavy atom. The van der Waals surface area contributed by atoms with Crippen LogP contribution in [-0.2, 0) is 21.9 Å². The molecule has 2 fully saturated rings. The van der Waals surface area contributed by atoms with Gasteiger partial charge in [-0.15, -0.1) is 0 Å². The number of nitrogens with zero attached hydrogens (tertiary/aromatic N) is 4. The van der Waals surface area contributed by atoms with Crippen molar-refractivity contribution in [2.75, 3.05) is 26.2 Å². The van der Waals surface area contributed by atoms with Crippen molar-refractivity contribution in [3.05, 3.63) is 35.4 Å². The Morgan fingerprint density at radius 2 is 1.71 bits per heavy atom. The molecule has 2 heterocycles. The highest BCUT2D eigenvalue weighted by Crippen LogP contribution is 2.25. The van der Waals surface area contributed by atoms with Crippen LogP contribution in [0.2, 0.25) is 0 Å². The SMILES string of the molecule is C=C(CCC)/C(NC=NCC1CCN(S(=O)(=O)c2cnc(C)n2C)CC1)=C(\C)C(=O)NCC1CCCCC1.CC.CC. The normalized spacial score (nSPS) is 17.4. The van der Waals surface area contributed by atoms with Gasteiger partial charge in [0.25, 0.3) is 10.0 Å². The number of imidazole rings is 1. The Balaban J connectivity index is 0.00000211. The largest absolute Gasteiger partial charge is 0.352 e. The standard InChI is InChI=1S/C28H46N6O3S.2C2H6/c1-6-10-21(2)27(22(3)28(35)31-18-24-11-8-7-9-12-24)32-20-29-17-25-13-15-34(16-14-25)38(36,37)26-19-30-23(4)33(26)5;2*1-2/h19-20,24-25H,2,6-18H2,1,3-5H3,(H,29,32)(H,31,35);2*1-2H3/b27-22-;;. The third-order valence-corrected chi connectivity index (χ3v) is 9.87. The first-order valence-corrected chi connectivity index (χ1v) is 17.5. The number of aliphatic imine (C=N–C) groups is 1. The maximum atomic E-state index is 13.0. The summed E-state index contributed by atoms with van der Waals surface area (Å²) >= 11 is 0. The molecule has 9 nitrogen and oxygen atoms in total. The number of allylic oxidation sites excluding steroid dienone is 1. The second-order valence-electron chi connectivity index (χ2n) is 10.8. The number of rotatable bonds is 12. The van der Waals surface area contributed by atoms with Gasteiger partial charge in [-0.25, -0.2) is 13.4 Å². The first kappa shape index (κ1) is 37.6. The zero-order valence-corrected chi connectivity index (χ0v) is 28.4. The lowest BCUT2D eigenvalue weighted by Gasteiger charge is -2.30. The quantitative estimate of drug-likeness (QED) is 0.129. The van der Waals surface area contributed by atoms with Crippen LogP contribution in [-0.4, -0.2) is 60.7 Å². The molecule has 1 saturated carbocycles. The summed E-state index contributed by atoms with van der Waals surface area (Å²) in [7, 11) is -1.82. The molecule has 1 aromatic heterocycles. The average molecular weight is 607 g/mol. The van der Waals surface area contributed by atoms with Gasteiger partial charge in [-0.05, 0) is 63.4 Å². The number of carbonyl (C=O) groups is 1. The highest BCUT2D eigenvalue weighted by molar-refractivity contribution is 7.89. The molecule has 0 aromatic carbocycles. The van der Waals surface area contributed by atoms with Crippen LogP contribution in [0.4, 0.5) is 0 Å². The van der Waals surface area contributed by atoms with E-state index in [1.807, 2.05) is 34.6 Å². The first-order chi connectivity index (χ1) is 20.1. The number of nitrogens with one attached hydrogen (secondary N) is 2. The molecule has 10 heteroatoms. The summed E-state index contributed by atoms with van der Waals surface area (Å²) in [5.41, 5.74) is 2.27. The smallest absolute Gasteiger partial charge is 0.260 e. The molecule has 0 unspecified atom stereocenters. The van der Waals surface area contributed by atoms with Gasteiger partial charge in [-0.3, -0.25) is 9.79 Å². The second kappa shape index (κ2) is 19.7. The third kappa shape index (κ3) is 11.0. The van der Waals surface area contributed by atoms with E-state index in [2.05, 4.69) is 34.1 Å². The molecule has 1 aliphatic heterocycles. The summed E-state index contributed by atoms with van der Waals surface area (Å²) < 4.78 is 29.2. The Labute approximate surface area is 256 Å². The second-order valence-corrected chi connectivity index (χ2v) is 12.6. The maximum Gasteiger partial charge on any atom is 0.260 e. The van der Waals surface area contributed by atoms with E-state index in [0.29, 0.717) is 42.9 Å². The summed E-state index contributed by atoms with van der Waals surface area (Å²) in [6, 6.07) is 0. The number of piperidine rings is 1. The fraction of sp³-hybridized carbons (Fsp3) is 0.719. The molecule has 0 atom stereocenters. The Hall–Kier alpha value is -2.46. The topological polar surface area (TPSA) is 109 Å². The number of sulfonamides is 1. The highest BCUT2D eigenvalue weighted by Gasteiger charge is 2.31. The summed E-state index contributed by atoms with van der Waals surface area (Å²) in [5.74, 6) is 1.50. The molecule has 2 N–H and O–H groups in total. The van der Waals surface area contributed by atoms with Crippen LogP contribution in [0.3, 0.4) is 0 Å². The van der Waals surface area contributed by atoms with Gasteiger partial charge in [-0.1, -0.05) is 66.9 Å². The number of amides is 1. The predicted octanol–water partition coefficient (Wildman–Crippen LogP) is 6.13. The van der Waals surface area contributed by atoms with Gasteiger partial charge < -0.3 is 15.2 Å². The minimum atomic E-state index is -3.55. The van der Waals surface area contributed by atoms with Crippen molar-refractivity contribution in [3.63, 3.8) is 0 Å². The molecule has 3 rings (SSSR count). The Bertz CT molecular complexity index is 1130. The fourth-order valence-electron chi connectivity index (χ4n) is 5.27. The summed E-state index contributed by atoms with van der Waals surface area (Å²) in [5, 5.41) is 6.60. The maximum absolute atomic E-state index is 13.0. The lowest BCUT2D eigenvalue weighted by atomic mass is 9.89. The van der Waals surface area contributed by atoms with Crippen molar-refractivity contribution < 1.29 is 13.2 Å². The van der Waals surface area contributed by atoms with Crippen molar-refractivity contribution >= 4 is 22.3 Å². The van der Waals surface area contributed by atoms with Gasteiger partial charge in [0.2, 0.25) is 5.91 Å². The van der Waals surface area contributed by atoms with Crippen molar-refractivity contribution in [1.29, 1.82) is 0 Å². The molecule has 0 spiro atoms. The van der Waals surface area contributed by atoms with Crippen LogP contribution in [0.25, 0.3) is 0 Å². The predicted molar refractivity (Wildman–Crippen MR) is 175 cm³/mol. The molecular formula is C32H58N6O3S. The molecule has 1 amide bonds. The lowest BCUT2D eigenvalue weighted by Crippen LogP contribution is -2.39. The molecule has 0 bridgehead atoms. The number of aromatic nitrogens is 2. The molecule has 1 aliphatic carbocycles. The van der Waals surface area contributed by atoms with E-state index in [1.54, 1.807) is 29.2 Å². The van der Waals surface area contributed by atoms with E-state index in [1.165, 1.54) is 38.3 Å². The van der Waals surface area contributed by atoms with Crippen molar-refractivity contribution in [1.82, 2.24) is 24.5 Å². The van der Waals surface area contributed by atoms with Crippen molar-refractivity contribution in [2.24, 2.45) is 23.9 Å². The van der Waals surface area contributed by atoms with E-state index < -0.39 is 10.0 Å². The Morgan fingerprint density at radius 1 is 1.10 bits per heavy atom. The Kier molecular flexibility index (Phi) is 17.6. The van der Waals surface area contributed by atoms with Crippen LogP contribution in [0.1, 0.15) is 105 Å². The van der Waals surface area contributed by atoms with Crippen LogP contribution in [0.15, 0.2) is 39.6 Å². The minimum Gasteiger partial charge on any atom is -0.352 e. The van der Waals surface area contributed by atoms with Crippen molar-refractivity contribution in [2.45, 2.75) is 111 Å². The van der Waals surface area contributed by atoms with Crippen LogP contribution in [0.5, 0.6) is 0 Å². The average Bonchev–Trinajstić information content (AvgIpc) is 3.36. The lowest BCUT2D eigenvalue weighted by molar-refractivity contribution is -0.117. The summed E-state index contributed by atoms with van der Waals surface area (Å²) in [4.78, 5) is 21.6. The molecule has 1 saturated heterocycles. The van der Waals surface area contributed by atoms with Crippen molar-refractivity contribution in [3.8, 4) is 0 Å². The van der Waals surface area contributed by atoms with E-state index in [9.17, 15) is 13.2 Å². The van der Waals surface area contributed by atoms with Gasteiger partial charge >= 0.3 is 0 Å². The van der Waals surface area contributed by atoms with Gasteiger partial charge in [0.15, 0.2) is 5.03 Å². The molecule has 240 valence electrons. The van der Waals surface area contributed by atoms with E-state index in [4.69, 9.17) is 0 Å². The fourth-order valence-corrected chi connectivity index (χ4v) is 6.89. The zero-order chi connectivity index (χ0) is 31.7. The highest BCUT2D eigenvalue weighted by atomic mass is 32.2. The number of aryl methyl sites for hydroxylation is 1. The monoisotopic (exact) mass is 606 g/mol. The van der Waals surface area contributed by atoms with E-state index in [0.717, 1.165) is 43.5 Å². The van der Waals surface area contributed by atoms with Gasteiger partial charge in [0, 0.05) is 38.8 Å². The number of hydrogen-bond acceptors (Lipinski definition) is 5. The zero-order valence-electron chi connectivity index (χ0n) is 27.6. The summed E-state index contributed by atoms with van der Waals surface area (Å²) in [6.45, 7) is 20.2. The molecule has 42 heavy (non-hydrogen) atoms. The third-order valence-electron chi connectivity index (χ3n) is 7.92. The molecule has 1 aromatic rings. The van der Waals surface area contributed by atoms with Gasteiger partial charge in [0.05, 0.1) is 18.2 Å². The molecule has 0 radical (unpaired) electrons. The first-order valence-electron chi connectivity index (χ1n) is 16.1. The van der Waals surface area contributed by atoms with Crippen LogP contribution < -0.4 is 10.6 Å². The van der Waals surface area contributed by atoms with E-state index in [-0.39, 0.29) is 10.9 Å². The summed E-state index contributed by atoms with van der Waals surface area (Å²) in [6.07, 6.45) is 12.5. The number of carbonyl (C=O) groups excluding carboxylic acids is 1. The van der Waals surface area contributed by atoms with E-state index >= 15 is 0 Å². The van der Waals surface area contributed by atoms with Gasteiger partial charge in [0.1, 0.15) is 5.82 Å². The molecule has 2 aliphatic rings. The van der Waals surface area contributed by atoms with Gasteiger partial charge in [-0.2, -0.15) is 4.31 Å².